The second-order valence-corrected chi connectivity index (χ2v) is 6.05. The van der Waals surface area contributed by atoms with Gasteiger partial charge < -0.3 is 10.4 Å². The summed E-state index contributed by atoms with van der Waals surface area (Å²) in [6.07, 6.45) is 2.45. The number of aliphatic hydroxyl groups is 1. The number of thiazole rings is 1. The first-order chi connectivity index (χ1) is 8.58. The molecule has 0 saturated carbocycles. The van der Waals surface area contributed by atoms with Gasteiger partial charge in [-0.1, -0.05) is 25.4 Å². The third-order valence-electron chi connectivity index (χ3n) is 2.73. The average Bonchev–Trinajstić information content (AvgIpc) is 2.80. The minimum Gasteiger partial charge on any atom is -0.392 e. The van der Waals surface area contributed by atoms with Crippen LogP contribution in [0.2, 0.25) is 5.15 Å². The van der Waals surface area contributed by atoms with Crippen LogP contribution in [0.15, 0.2) is 11.6 Å². The lowest BCUT2D eigenvalue weighted by Gasteiger charge is -2.13. The maximum Gasteiger partial charge on any atom is 0.195 e. The Balaban J connectivity index is 1.90. The summed E-state index contributed by atoms with van der Waals surface area (Å²) >= 11 is 7.64. The number of nitrogens with one attached hydrogen (secondary N) is 1. The molecule has 2 aromatic rings. The summed E-state index contributed by atoms with van der Waals surface area (Å²) in [6.45, 7) is 5.40. The normalized spacial score (nSPS) is 13.6. The highest BCUT2D eigenvalue weighted by molar-refractivity contribution is 7.15. The van der Waals surface area contributed by atoms with Gasteiger partial charge in [-0.25, -0.2) is 4.98 Å². The van der Waals surface area contributed by atoms with Gasteiger partial charge in [0.2, 0.25) is 0 Å². The van der Waals surface area contributed by atoms with Gasteiger partial charge in [0, 0.05) is 24.7 Å². The van der Waals surface area contributed by atoms with Crippen LogP contribution >= 0.6 is 22.9 Å². The topological polar surface area (TPSA) is 49.6 Å². The molecule has 0 radical (unpaired) electrons. The summed E-state index contributed by atoms with van der Waals surface area (Å²) in [5.41, 5.74) is 0.949. The zero-order valence-corrected chi connectivity index (χ0v) is 12.1. The van der Waals surface area contributed by atoms with E-state index in [-0.39, 0.29) is 6.10 Å². The molecule has 2 aromatic heterocycles. The van der Waals surface area contributed by atoms with Crippen LogP contribution in [0, 0.1) is 5.92 Å². The molecule has 100 valence electrons. The van der Waals surface area contributed by atoms with Crippen LogP contribution in [0.25, 0.3) is 4.96 Å². The summed E-state index contributed by atoms with van der Waals surface area (Å²) < 4.78 is 1.98. The molecule has 1 unspecified atom stereocenters. The highest BCUT2D eigenvalue weighted by Crippen LogP contribution is 2.20. The number of hydrogen-bond acceptors (Lipinski definition) is 4. The predicted molar refractivity (Wildman–Crippen MR) is 75.2 cm³/mol. The van der Waals surface area contributed by atoms with E-state index in [0.29, 0.717) is 24.2 Å². The molecule has 0 amide bonds. The van der Waals surface area contributed by atoms with Crippen molar-refractivity contribution in [3.8, 4) is 0 Å². The SMILES string of the molecule is CC(C)CC(O)CNCc1c(Cl)nc2sccn12. The van der Waals surface area contributed by atoms with Crippen LogP contribution in [-0.4, -0.2) is 27.1 Å². The summed E-state index contributed by atoms with van der Waals surface area (Å²) in [7, 11) is 0. The minimum absolute atomic E-state index is 0.310. The first kappa shape index (κ1) is 13.8. The van der Waals surface area contributed by atoms with E-state index < -0.39 is 0 Å². The summed E-state index contributed by atoms with van der Waals surface area (Å²) in [5, 5.41) is 15.5. The molecule has 0 saturated heterocycles. The highest BCUT2D eigenvalue weighted by atomic mass is 35.5. The van der Waals surface area contributed by atoms with Crippen molar-refractivity contribution >= 4 is 27.9 Å². The van der Waals surface area contributed by atoms with Gasteiger partial charge in [0.1, 0.15) is 0 Å². The third-order valence-corrected chi connectivity index (χ3v) is 3.79. The van der Waals surface area contributed by atoms with E-state index >= 15 is 0 Å². The number of aliphatic hydroxyl groups excluding tert-OH is 1. The van der Waals surface area contributed by atoms with Crippen LogP contribution in [0.5, 0.6) is 0 Å². The van der Waals surface area contributed by atoms with Crippen molar-refractivity contribution in [1.82, 2.24) is 14.7 Å². The molecule has 0 spiro atoms. The quantitative estimate of drug-likeness (QED) is 0.858. The molecular weight excluding hydrogens is 270 g/mol. The molecule has 2 rings (SSSR count). The summed E-state index contributed by atoms with van der Waals surface area (Å²) in [5.74, 6) is 0.504. The number of rotatable bonds is 6. The van der Waals surface area contributed by atoms with E-state index in [1.165, 1.54) is 0 Å². The number of fused-ring (bicyclic) bond motifs is 1. The number of nitrogens with zero attached hydrogens (tertiary/aromatic N) is 2. The molecule has 0 bridgehead atoms. The van der Waals surface area contributed by atoms with Crippen molar-refractivity contribution in [3.63, 3.8) is 0 Å². The van der Waals surface area contributed by atoms with Gasteiger partial charge >= 0.3 is 0 Å². The Morgan fingerprint density at radius 2 is 2.33 bits per heavy atom. The van der Waals surface area contributed by atoms with Gasteiger partial charge in [0.25, 0.3) is 0 Å². The summed E-state index contributed by atoms with van der Waals surface area (Å²) in [6, 6.07) is 0. The third kappa shape index (κ3) is 3.23. The maximum atomic E-state index is 9.77. The molecule has 4 nitrogen and oxygen atoms in total. The Labute approximate surface area is 116 Å². The monoisotopic (exact) mass is 287 g/mol. The fourth-order valence-corrected chi connectivity index (χ4v) is 2.97. The standard InChI is InChI=1S/C12H18ClN3OS/c1-8(2)5-9(17)6-14-7-10-11(13)15-12-16(10)3-4-18-12/h3-4,8-9,14,17H,5-7H2,1-2H3. The largest absolute Gasteiger partial charge is 0.392 e. The Morgan fingerprint density at radius 3 is 3.06 bits per heavy atom. The van der Waals surface area contributed by atoms with Crippen LogP contribution < -0.4 is 5.32 Å². The lowest BCUT2D eigenvalue weighted by Crippen LogP contribution is -2.27. The van der Waals surface area contributed by atoms with Crippen molar-refractivity contribution in [2.24, 2.45) is 5.92 Å². The fraction of sp³-hybridized carbons (Fsp3) is 0.583. The van der Waals surface area contributed by atoms with Crippen molar-refractivity contribution < 1.29 is 5.11 Å². The zero-order chi connectivity index (χ0) is 13.1. The Hall–Kier alpha value is -0.620. The molecule has 0 fully saturated rings. The lowest BCUT2D eigenvalue weighted by molar-refractivity contribution is 0.146. The molecule has 2 N–H and O–H groups in total. The van der Waals surface area contributed by atoms with Crippen LogP contribution in [0.4, 0.5) is 0 Å². The van der Waals surface area contributed by atoms with Gasteiger partial charge in [0.15, 0.2) is 10.1 Å². The van der Waals surface area contributed by atoms with E-state index in [1.54, 1.807) is 11.3 Å². The average molecular weight is 288 g/mol. The lowest BCUT2D eigenvalue weighted by atomic mass is 10.1. The Bertz CT molecular complexity index is 508. The smallest absolute Gasteiger partial charge is 0.195 e. The van der Waals surface area contributed by atoms with E-state index in [1.807, 2.05) is 16.0 Å². The van der Waals surface area contributed by atoms with Gasteiger partial charge in [-0.05, 0) is 12.3 Å². The van der Waals surface area contributed by atoms with Gasteiger partial charge in [-0.3, -0.25) is 4.40 Å². The van der Waals surface area contributed by atoms with Gasteiger partial charge in [-0.15, -0.1) is 11.3 Å². The second-order valence-electron chi connectivity index (χ2n) is 4.82. The molecule has 1 atom stereocenters. The van der Waals surface area contributed by atoms with E-state index in [9.17, 15) is 5.11 Å². The molecule has 0 aliphatic rings. The summed E-state index contributed by atoms with van der Waals surface area (Å²) in [4.78, 5) is 5.17. The predicted octanol–water partition coefficient (Wildman–Crippen LogP) is 2.55. The highest BCUT2D eigenvalue weighted by Gasteiger charge is 2.12. The molecule has 6 heteroatoms. The first-order valence-electron chi connectivity index (χ1n) is 6.06. The second kappa shape index (κ2) is 6.02. The van der Waals surface area contributed by atoms with E-state index in [2.05, 4.69) is 24.1 Å². The minimum atomic E-state index is -0.310. The van der Waals surface area contributed by atoms with Crippen molar-refractivity contribution in [2.45, 2.75) is 32.9 Å². The Kier molecular flexibility index (Phi) is 4.61. The molecular formula is C12H18ClN3OS. The van der Waals surface area contributed by atoms with Gasteiger partial charge in [-0.2, -0.15) is 0 Å². The van der Waals surface area contributed by atoms with Crippen LogP contribution in [-0.2, 0) is 6.54 Å². The molecule has 2 heterocycles. The number of halogens is 1. The van der Waals surface area contributed by atoms with Crippen LogP contribution in [0.1, 0.15) is 26.0 Å². The van der Waals surface area contributed by atoms with Crippen molar-refractivity contribution in [3.05, 3.63) is 22.4 Å². The fourth-order valence-electron chi connectivity index (χ4n) is 1.95. The molecule has 0 aliphatic heterocycles. The zero-order valence-electron chi connectivity index (χ0n) is 10.6. The van der Waals surface area contributed by atoms with E-state index in [0.717, 1.165) is 17.1 Å². The van der Waals surface area contributed by atoms with Crippen molar-refractivity contribution in [2.75, 3.05) is 6.54 Å². The van der Waals surface area contributed by atoms with Gasteiger partial charge in [0.05, 0.1) is 11.8 Å². The molecule has 0 aromatic carbocycles. The first-order valence-corrected chi connectivity index (χ1v) is 7.32. The maximum absolute atomic E-state index is 9.77. The number of aromatic nitrogens is 2. The van der Waals surface area contributed by atoms with Crippen molar-refractivity contribution in [1.29, 1.82) is 0 Å². The van der Waals surface area contributed by atoms with E-state index in [4.69, 9.17) is 11.6 Å². The molecule has 18 heavy (non-hydrogen) atoms. The number of hydrogen-bond donors (Lipinski definition) is 2. The van der Waals surface area contributed by atoms with Crippen LogP contribution in [0.3, 0.4) is 0 Å². The Morgan fingerprint density at radius 1 is 1.56 bits per heavy atom. The number of imidazole rings is 1. The molecule has 0 aliphatic carbocycles.